The summed E-state index contributed by atoms with van der Waals surface area (Å²) in [6.45, 7) is 1.45. The van der Waals surface area contributed by atoms with E-state index in [-0.39, 0.29) is 11.8 Å². The van der Waals surface area contributed by atoms with E-state index in [0.29, 0.717) is 6.54 Å². The third kappa shape index (κ3) is 1.95. The van der Waals surface area contributed by atoms with Crippen LogP contribution in [-0.4, -0.2) is 22.3 Å². The van der Waals surface area contributed by atoms with E-state index in [1.165, 1.54) is 6.20 Å². The van der Waals surface area contributed by atoms with Crippen LogP contribution in [0.5, 0.6) is 0 Å². The normalized spacial score (nSPS) is 22.0. The van der Waals surface area contributed by atoms with Gasteiger partial charge in [-0.05, 0) is 18.9 Å². The van der Waals surface area contributed by atoms with Gasteiger partial charge in [0.1, 0.15) is 0 Å². The Labute approximate surface area is 76.2 Å². The zero-order chi connectivity index (χ0) is 9.10. The smallest absolute Gasteiger partial charge is 0.347 e. The van der Waals surface area contributed by atoms with Gasteiger partial charge in [0.25, 0.3) is 0 Å². The van der Waals surface area contributed by atoms with Crippen LogP contribution < -0.4 is 5.69 Å². The molecule has 0 bridgehead atoms. The van der Waals surface area contributed by atoms with Crippen molar-refractivity contribution in [2.45, 2.75) is 25.5 Å². The topological polar surface area (TPSA) is 44.1 Å². The summed E-state index contributed by atoms with van der Waals surface area (Å²) in [5.41, 5.74) is -0.196. The van der Waals surface area contributed by atoms with Gasteiger partial charge in [0.05, 0.1) is 12.6 Å². The van der Waals surface area contributed by atoms with Crippen LogP contribution in [0.4, 0.5) is 0 Å². The molecule has 1 fully saturated rings. The molecule has 13 heavy (non-hydrogen) atoms. The Balaban J connectivity index is 2.08. The highest BCUT2D eigenvalue weighted by molar-refractivity contribution is 4.82. The van der Waals surface area contributed by atoms with Crippen molar-refractivity contribution >= 4 is 0 Å². The molecule has 0 aromatic carbocycles. The minimum atomic E-state index is -0.196. The van der Waals surface area contributed by atoms with Gasteiger partial charge in [-0.1, -0.05) is 0 Å². The Hall–Kier alpha value is -1.16. The van der Waals surface area contributed by atoms with Gasteiger partial charge in [-0.15, -0.1) is 0 Å². The minimum absolute atomic E-state index is 0.196. The second-order valence-corrected chi connectivity index (χ2v) is 3.19. The molecule has 0 spiro atoms. The van der Waals surface area contributed by atoms with Gasteiger partial charge < -0.3 is 4.74 Å². The fourth-order valence-corrected chi connectivity index (χ4v) is 1.53. The lowest BCUT2D eigenvalue weighted by Crippen LogP contribution is -2.27. The van der Waals surface area contributed by atoms with Gasteiger partial charge in [-0.25, -0.2) is 9.78 Å². The number of rotatable bonds is 2. The summed E-state index contributed by atoms with van der Waals surface area (Å²) in [5.74, 6) is 0. The van der Waals surface area contributed by atoms with E-state index < -0.39 is 0 Å². The van der Waals surface area contributed by atoms with E-state index in [2.05, 4.69) is 4.98 Å². The van der Waals surface area contributed by atoms with Crippen molar-refractivity contribution in [2.24, 2.45) is 0 Å². The van der Waals surface area contributed by atoms with Gasteiger partial charge in [-0.3, -0.25) is 4.57 Å². The molecule has 4 heteroatoms. The Bertz CT molecular complexity index is 328. The SMILES string of the molecule is O=c1ncccn1CC1CCCO1. The maximum absolute atomic E-state index is 11.2. The molecule has 0 amide bonds. The summed E-state index contributed by atoms with van der Waals surface area (Å²) in [5, 5.41) is 0. The molecule has 1 aliphatic heterocycles. The molecular weight excluding hydrogens is 168 g/mol. The maximum atomic E-state index is 11.2. The van der Waals surface area contributed by atoms with Gasteiger partial charge in [0, 0.05) is 19.0 Å². The lowest BCUT2D eigenvalue weighted by molar-refractivity contribution is 0.0958. The molecule has 1 atom stereocenters. The number of ether oxygens (including phenoxy) is 1. The van der Waals surface area contributed by atoms with Crippen molar-refractivity contribution in [1.29, 1.82) is 0 Å². The highest BCUT2D eigenvalue weighted by Crippen LogP contribution is 2.12. The Morgan fingerprint density at radius 2 is 2.62 bits per heavy atom. The van der Waals surface area contributed by atoms with Crippen LogP contribution in [0, 0.1) is 0 Å². The van der Waals surface area contributed by atoms with E-state index in [1.807, 2.05) is 0 Å². The molecule has 4 nitrogen and oxygen atoms in total. The molecule has 0 saturated carbocycles. The number of hydrogen-bond donors (Lipinski definition) is 0. The lowest BCUT2D eigenvalue weighted by atomic mass is 10.2. The predicted octanol–water partition coefficient (Wildman–Crippen LogP) is 0.422. The van der Waals surface area contributed by atoms with Gasteiger partial charge >= 0.3 is 5.69 Å². The molecule has 0 aliphatic carbocycles. The highest BCUT2D eigenvalue weighted by atomic mass is 16.5. The quantitative estimate of drug-likeness (QED) is 0.662. The fraction of sp³-hybridized carbons (Fsp3) is 0.556. The monoisotopic (exact) mass is 180 g/mol. The molecule has 1 aromatic heterocycles. The second-order valence-electron chi connectivity index (χ2n) is 3.19. The zero-order valence-electron chi connectivity index (χ0n) is 7.35. The minimum Gasteiger partial charge on any atom is -0.376 e. The highest BCUT2D eigenvalue weighted by Gasteiger charge is 2.15. The summed E-state index contributed by atoms with van der Waals surface area (Å²) < 4.78 is 7.02. The van der Waals surface area contributed by atoms with Crippen LogP contribution in [0.3, 0.4) is 0 Å². The first-order valence-electron chi connectivity index (χ1n) is 4.49. The summed E-state index contributed by atoms with van der Waals surface area (Å²) in [7, 11) is 0. The summed E-state index contributed by atoms with van der Waals surface area (Å²) >= 11 is 0. The predicted molar refractivity (Wildman–Crippen MR) is 47.5 cm³/mol. The van der Waals surface area contributed by atoms with Crippen LogP contribution >= 0.6 is 0 Å². The molecule has 2 heterocycles. The Kier molecular flexibility index (Phi) is 2.40. The average molecular weight is 180 g/mol. The lowest BCUT2D eigenvalue weighted by Gasteiger charge is -2.09. The van der Waals surface area contributed by atoms with Crippen LogP contribution in [0.1, 0.15) is 12.8 Å². The van der Waals surface area contributed by atoms with E-state index >= 15 is 0 Å². The van der Waals surface area contributed by atoms with Gasteiger partial charge in [0.15, 0.2) is 0 Å². The first-order valence-corrected chi connectivity index (χ1v) is 4.49. The van der Waals surface area contributed by atoms with Gasteiger partial charge in [-0.2, -0.15) is 0 Å². The van der Waals surface area contributed by atoms with E-state index in [0.717, 1.165) is 19.4 Å². The largest absolute Gasteiger partial charge is 0.376 e. The molecule has 0 N–H and O–H groups in total. The van der Waals surface area contributed by atoms with Crippen LogP contribution in [-0.2, 0) is 11.3 Å². The molecule has 1 aliphatic rings. The third-order valence-corrected chi connectivity index (χ3v) is 2.21. The molecular formula is C9H12N2O2. The van der Waals surface area contributed by atoms with Crippen molar-refractivity contribution in [3.05, 3.63) is 28.9 Å². The van der Waals surface area contributed by atoms with Crippen LogP contribution in [0.2, 0.25) is 0 Å². The van der Waals surface area contributed by atoms with Crippen molar-refractivity contribution in [3.8, 4) is 0 Å². The van der Waals surface area contributed by atoms with Crippen molar-refractivity contribution in [1.82, 2.24) is 9.55 Å². The summed E-state index contributed by atoms with van der Waals surface area (Å²) in [4.78, 5) is 14.9. The molecule has 0 radical (unpaired) electrons. The molecule has 1 saturated heterocycles. The average Bonchev–Trinajstić information content (AvgIpc) is 2.61. The third-order valence-electron chi connectivity index (χ3n) is 2.21. The first-order chi connectivity index (χ1) is 6.36. The number of aromatic nitrogens is 2. The Morgan fingerprint density at radius 3 is 3.31 bits per heavy atom. The standard InChI is InChI=1S/C9H12N2O2/c12-9-10-4-2-5-11(9)7-8-3-1-6-13-8/h2,4-5,8H,1,3,6-7H2. The number of hydrogen-bond acceptors (Lipinski definition) is 3. The molecule has 2 rings (SSSR count). The summed E-state index contributed by atoms with van der Waals surface area (Å²) in [6.07, 6.45) is 5.59. The van der Waals surface area contributed by atoms with E-state index in [1.54, 1.807) is 16.8 Å². The van der Waals surface area contributed by atoms with E-state index in [9.17, 15) is 4.79 Å². The molecule has 1 unspecified atom stereocenters. The molecule has 1 aromatic rings. The summed E-state index contributed by atoms with van der Waals surface area (Å²) in [6, 6.07) is 1.76. The molecule has 70 valence electrons. The second kappa shape index (κ2) is 3.70. The van der Waals surface area contributed by atoms with E-state index in [4.69, 9.17) is 4.74 Å². The fourth-order valence-electron chi connectivity index (χ4n) is 1.53. The number of nitrogens with zero attached hydrogens (tertiary/aromatic N) is 2. The maximum Gasteiger partial charge on any atom is 0.347 e. The van der Waals surface area contributed by atoms with Gasteiger partial charge in [0.2, 0.25) is 0 Å². The zero-order valence-corrected chi connectivity index (χ0v) is 7.35. The first kappa shape index (κ1) is 8.44. The van der Waals surface area contributed by atoms with Crippen LogP contribution in [0.25, 0.3) is 0 Å². The van der Waals surface area contributed by atoms with Crippen molar-refractivity contribution in [2.75, 3.05) is 6.61 Å². The van der Waals surface area contributed by atoms with Crippen molar-refractivity contribution in [3.63, 3.8) is 0 Å². The van der Waals surface area contributed by atoms with Crippen LogP contribution in [0.15, 0.2) is 23.3 Å². The Morgan fingerprint density at radius 1 is 1.69 bits per heavy atom. The van der Waals surface area contributed by atoms with Crippen molar-refractivity contribution < 1.29 is 4.74 Å².